The molecule has 0 radical (unpaired) electrons. The zero-order valence-electron chi connectivity index (χ0n) is 10.4. The summed E-state index contributed by atoms with van der Waals surface area (Å²) in [6.07, 6.45) is 5.44. The Hall–Kier alpha value is -1.48. The molecule has 3 heteroatoms. The van der Waals surface area contributed by atoms with Crippen LogP contribution in [0.4, 0.5) is 0 Å². The lowest BCUT2D eigenvalue weighted by atomic mass is 9.91. The molecule has 2 rings (SSSR count). The number of hydrogen-bond donors (Lipinski definition) is 1. The lowest BCUT2D eigenvalue weighted by Gasteiger charge is -2.19. The molecule has 0 fully saturated rings. The third-order valence-electron chi connectivity index (χ3n) is 3.12. The third-order valence-corrected chi connectivity index (χ3v) is 3.12. The summed E-state index contributed by atoms with van der Waals surface area (Å²) in [7, 11) is 3.33. The molecule has 0 heterocycles. The van der Waals surface area contributed by atoms with Crippen LogP contribution in [0.15, 0.2) is 24.3 Å². The molecule has 3 nitrogen and oxygen atoms in total. The van der Waals surface area contributed by atoms with E-state index in [2.05, 4.69) is 6.08 Å². The summed E-state index contributed by atoms with van der Waals surface area (Å²) in [6, 6.07) is 6.13. The SMILES string of the molecule is COc1cc(OC)cc(C2=CC(N)CCC2)c1. The van der Waals surface area contributed by atoms with Crippen molar-refractivity contribution in [3.63, 3.8) is 0 Å². The van der Waals surface area contributed by atoms with Crippen molar-refractivity contribution in [2.45, 2.75) is 25.3 Å². The molecule has 1 atom stereocenters. The van der Waals surface area contributed by atoms with Gasteiger partial charge in [-0.25, -0.2) is 0 Å². The Morgan fingerprint density at radius 2 is 1.76 bits per heavy atom. The molecule has 1 aromatic rings. The molecule has 0 bridgehead atoms. The minimum Gasteiger partial charge on any atom is -0.497 e. The first kappa shape index (κ1) is 12.0. The molecule has 0 spiro atoms. The van der Waals surface area contributed by atoms with Crippen LogP contribution in [0.25, 0.3) is 5.57 Å². The summed E-state index contributed by atoms with van der Waals surface area (Å²) in [5, 5.41) is 0. The molecule has 0 saturated carbocycles. The first-order valence-electron chi connectivity index (χ1n) is 5.92. The van der Waals surface area contributed by atoms with E-state index in [1.165, 1.54) is 5.57 Å². The quantitative estimate of drug-likeness (QED) is 0.872. The molecule has 17 heavy (non-hydrogen) atoms. The standard InChI is InChI=1S/C14H19NO2/c1-16-13-7-11(8-14(9-13)17-2)10-4-3-5-12(15)6-10/h6-9,12H,3-5,15H2,1-2H3. The van der Waals surface area contributed by atoms with Gasteiger partial charge in [-0.3, -0.25) is 0 Å². The number of nitrogens with two attached hydrogens (primary N) is 1. The Balaban J connectivity index is 2.37. The minimum atomic E-state index is 0.177. The van der Waals surface area contributed by atoms with Crippen LogP contribution in [-0.4, -0.2) is 20.3 Å². The molecule has 1 aliphatic rings. The normalized spacial score (nSPS) is 19.7. The topological polar surface area (TPSA) is 44.5 Å². The van der Waals surface area contributed by atoms with Crippen LogP contribution in [-0.2, 0) is 0 Å². The van der Waals surface area contributed by atoms with Crippen molar-refractivity contribution in [2.75, 3.05) is 14.2 Å². The highest BCUT2D eigenvalue weighted by Crippen LogP contribution is 2.31. The molecule has 92 valence electrons. The predicted molar refractivity (Wildman–Crippen MR) is 69.3 cm³/mol. The Morgan fingerprint density at radius 1 is 1.12 bits per heavy atom. The number of ether oxygens (including phenoxy) is 2. The van der Waals surface area contributed by atoms with Crippen molar-refractivity contribution in [3.05, 3.63) is 29.8 Å². The fourth-order valence-corrected chi connectivity index (χ4v) is 2.19. The van der Waals surface area contributed by atoms with Gasteiger partial charge in [-0.2, -0.15) is 0 Å². The van der Waals surface area contributed by atoms with Gasteiger partial charge in [-0.05, 0) is 42.5 Å². The number of allylic oxidation sites excluding steroid dienone is 1. The van der Waals surface area contributed by atoms with Crippen molar-refractivity contribution >= 4 is 5.57 Å². The molecule has 2 N–H and O–H groups in total. The molecule has 1 unspecified atom stereocenters. The molecular formula is C14H19NO2. The zero-order chi connectivity index (χ0) is 12.3. The molecular weight excluding hydrogens is 214 g/mol. The van der Waals surface area contributed by atoms with E-state index in [0.717, 1.165) is 36.3 Å². The highest BCUT2D eigenvalue weighted by Gasteiger charge is 2.13. The Kier molecular flexibility index (Phi) is 3.69. The summed E-state index contributed by atoms with van der Waals surface area (Å²) < 4.78 is 10.6. The summed E-state index contributed by atoms with van der Waals surface area (Å²) in [6.45, 7) is 0. The summed E-state index contributed by atoms with van der Waals surface area (Å²) >= 11 is 0. The van der Waals surface area contributed by atoms with E-state index in [1.54, 1.807) is 14.2 Å². The van der Waals surface area contributed by atoms with Crippen LogP contribution in [0.2, 0.25) is 0 Å². The zero-order valence-corrected chi connectivity index (χ0v) is 10.4. The average Bonchev–Trinajstić information content (AvgIpc) is 2.38. The van der Waals surface area contributed by atoms with E-state index in [9.17, 15) is 0 Å². The molecule has 1 aromatic carbocycles. The number of methoxy groups -OCH3 is 2. The summed E-state index contributed by atoms with van der Waals surface area (Å²) in [5.41, 5.74) is 8.41. The van der Waals surface area contributed by atoms with Gasteiger partial charge < -0.3 is 15.2 Å². The van der Waals surface area contributed by atoms with E-state index in [1.807, 2.05) is 18.2 Å². The minimum absolute atomic E-state index is 0.177. The Labute approximate surface area is 102 Å². The van der Waals surface area contributed by atoms with Crippen molar-refractivity contribution < 1.29 is 9.47 Å². The molecule has 0 saturated heterocycles. The highest BCUT2D eigenvalue weighted by molar-refractivity contribution is 5.69. The number of rotatable bonds is 3. The van der Waals surface area contributed by atoms with Crippen LogP contribution in [0.5, 0.6) is 11.5 Å². The monoisotopic (exact) mass is 233 g/mol. The second kappa shape index (κ2) is 5.23. The van der Waals surface area contributed by atoms with Gasteiger partial charge in [-0.1, -0.05) is 6.08 Å². The fourth-order valence-electron chi connectivity index (χ4n) is 2.19. The van der Waals surface area contributed by atoms with E-state index in [0.29, 0.717) is 0 Å². The van der Waals surface area contributed by atoms with Gasteiger partial charge >= 0.3 is 0 Å². The average molecular weight is 233 g/mol. The van der Waals surface area contributed by atoms with Gasteiger partial charge in [0.1, 0.15) is 11.5 Å². The van der Waals surface area contributed by atoms with Gasteiger partial charge in [0.2, 0.25) is 0 Å². The second-order valence-electron chi connectivity index (χ2n) is 4.35. The smallest absolute Gasteiger partial charge is 0.123 e. The van der Waals surface area contributed by atoms with Crippen LogP contribution >= 0.6 is 0 Å². The first-order chi connectivity index (χ1) is 8.22. The van der Waals surface area contributed by atoms with Crippen LogP contribution < -0.4 is 15.2 Å². The van der Waals surface area contributed by atoms with Gasteiger partial charge in [0.15, 0.2) is 0 Å². The maximum atomic E-state index is 5.96. The van der Waals surface area contributed by atoms with Crippen LogP contribution in [0, 0.1) is 0 Å². The highest BCUT2D eigenvalue weighted by atomic mass is 16.5. The molecule has 0 aromatic heterocycles. The van der Waals surface area contributed by atoms with E-state index >= 15 is 0 Å². The number of benzene rings is 1. The molecule has 1 aliphatic carbocycles. The molecule has 0 amide bonds. The summed E-state index contributed by atoms with van der Waals surface area (Å²) in [5.74, 6) is 1.64. The fraction of sp³-hybridized carbons (Fsp3) is 0.429. The van der Waals surface area contributed by atoms with E-state index in [4.69, 9.17) is 15.2 Å². The summed E-state index contributed by atoms with van der Waals surface area (Å²) in [4.78, 5) is 0. The van der Waals surface area contributed by atoms with Gasteiger partial charge in [0.25, 0.3) is 0 Å². The predicted octanol–water partition coefficient (Wildman–Crippen LogP) is 2.60. The second-order valence-corrected chi connectivity index (χ2v) is 4.35. The Bertz CT molecular complexity index is 404. The van der Waals surface area contributed by atoms with E-state index in [-0.39, 0.29) is 6.04 Å². The van der Waals surface area contributed by atoms with Gasteiger partial charge in [0, 0.05) is 12.1 Å². The first-order valence-corrected chi connectivity index (χ1v) is 5.92. The third kappa shape index (κ3) is 2.80. The van der Waals surface area contributed by atoms with Gasteiger partial charge in [-0.15, -0.1) is 0 Å². The van der Waals surface area contributed by atoms with Crippen LogP contribution in [0.1, 0.15) is 24.8 Å². The lowest BCUT2D eigenvalue weighted by molar-refractivity contribution is 0.394. The van der Waals surface area contributed by atoms with E-state index < -0.39 is 0 Å². The van der Waals surface area contributed by atoms with Crippen LogP contribution in [0.3, 0.4) is 0 Å². The molecule has 0 aliphatic heterocycles. The van der Waals surface area contributed by atoms with Crippen molar-refractivity contribution in [3.8, 4) is 11.5 Å². The lowest BCUT2D eigenvalue weighted by Crippen LogP contribution is -2.20. The maximum absolute atomic E-state index is 5.96. The van der Waals surface area contributed by atoms with Crippen molar-refractivity contribution in [2.24, 2.45) is 5.73 Å². The maximum Gasteiger partial charge on any atom is 0.123 e. The largest absolute Gasteiger partial charge is 0.497 e. The number of hydrogen-bond acceptors (Lipinski definition) is 3. The van der Waals surface area contributed by atoms with Gasteiger partial charge in [0.05, 0.1) is 14.2 Å². The van der Waals surface area contributed by atoms with Crippen molar-refractivity contribution in [1.82, 2.24) is 0 Å². The van der Waals surface area contributed by atoms with Crippen molar-refractivity contribution in [1.29, 1.82) is 0 Å². The Morgan fingerprint density at radius 3 is 2.29 bits per heavy atom.